The molecule has 2 rings (SSSR count). The Morgan fingerprint density at radius 1 is 1.33 bits per heavy atom. The van der Waals surface area contributed by atoms with E-state index in [0.717, 1.165) is 11.3 Å². The van der Waals surface area contributed by atoms with Gasteiger partial charge in [-0.25, -0.2) is 4.98 Å². The SMILES string of the molecule is Cc1cnc(N)nc1N(C)c1ccccc1C#N. The number of nitriles is 1. The Kier molecular flexibility index (Phi) is 3.11. The van der Waals surface area contributed by atoms with Gasteiger partial charge in [-0.1, -0.05) is 12.1 Å². The molecular weight excluding hydrogens is 226 g/mol. The summed E-state index contributed by atoms with van der Waals surface area (Å²) >= 11 is 0. The molecule has 0 fully saturated rings. The van der Waals surface area contributed by atoms with Crippen LogP contribution in [0, 0.1) is 18.3 Å². The van der Waals surface area contributed by atoms with Crippen molar-refractivity contribution in [3.05, 3.63) is 41.6 Å². The second-order valence-corrected chi connectivity index (χ2v) is 3.92. The number of hydrogen-bond acceptors (Lipinski definition) is 5. The first kappa shape index (κ1) is 11.9. The summed E-state index contributed by atoms with van der Waals surface area (Å²) < 4.78 is 0. The minimum absolute atomic E-state index is 0.219. The molecule has 1 aromatic carbocycles. The first-order valence-electron chi connectivity index (χ1n) is 5.45. The van der Waals surface area contributed by atoms with Crippen molar-refractivity contribution in [2.75, 3.05) is 17.7 Å². The third-order valence-corrected chi connectivity index (χ3v) is 2.67. The van der Waals surface area contributed by atoms with E-state index in [1.807, 2.05) is 37.1 Å². The van der Waals surface area contributed by atoms with Gasteiger partial charge >= 0.3 is 0 Å². The van der Waals surface area contributed by atoms with Crippen LogP contribution in [0.2, 0.25) is 0 Å². The van der Waals surface area contributed by atoms with Gasteiger partial charge in [-0.3, -0.25) is 0 Å². The molecule has 0 aliphatic rings. The van der Waals surface area contributed by atoms with Crippen molar-refractivity contribution < 1.29 is 0 Å². The molecule has 0 saturated carbocycles. The quantitative estimate of drug-likeness (QED) is 0.867. The molecule has 0 aliphatic heterocycles. The monoisotopic (exact) mass is 239 g/mol. The number of para-hydroxylation sites is 1. The number of hydrogen-bond donors (Lipinski definition) is 1. The lowest BCUT2D eigenvalue weighted by molar-refractivity contribution is 1.06. The summed E-state index contributed by atoms with van der Waals surface area (Å²) in [5.41, 5.74) is 7.89. The van der Waals surface area contributed by atoms with Gasteiger partial charge in [0.15, 0.2) is 0 Å². The van der Waals surface area contributed by atoms with E-state index in [4.69, 9.17) is 11.0 Å². The number of aromatic nitrogens is 2. The molecule has 0 aliphatic carbocycles. The Morgan fingerprint density at radius 2 is 2.06 bits per heavy atom. The Labute approximate surface area is 106 Å². The minimum atomic E-state index is 0.219. The van der Waals surface area contributed by atoms with Gasteiger partial charge in [0.2, 0.25) is 5.95 Å². The van der Waals surface area contributed by atoms with Crippen LogP contribution in [-0.2, 0) is 0 Å². The van der Waals surface area contributed by atoms with Crippen molar-refractivity contribution in [1.82, 2.24) is 9.97 Å². The largest absolute Gasteiger partial charge is 0.368 e. The number of aryl methyl sites for hydroxylation is 1. The highest BCUT2D eigenvalue weighted by Gasteiger charge is 2.12. The fourth-order valence-electron chi connectivity index (χ4n) is 1.76. The number of rotatable bonds is 2. The van der Waals surface area contributed by atoms with Crippen LogP contribution in [0.4, 0.5) is 17.5 Å². The Bertz CT molecular complexity index is 615. The second-order valence-electron chi connectivity index (χ2n) is 3.92. The second kappa shape index (κ2) is 4.72. The highest BCUT2D eigenvalue weighted by Crippen LogP contribution is 2.27. The topological polar surface area (TPSA) is 78.8 Å². The van der Waals surface area contributed by atoms with Crippen molar-refractivity contribution in [2.45, 2.75) is 6.92 Å². The predicted molar refractivity (Wildman–Crippen MR) is 70.4 cm³/mol. The number of nitrogen functional groups attached to an aromatic ring is 1. The molecule has 0 unspecified atom stereocenters. The zero-order valence-electron chi connectivity index (χ0n) is 10.3. The van der Waals surface area contributed by atoms with E-state index >= 15 is 0 Å². The molecule has 0 radical (unpaired) electrons. The highest BCUT2D eigenvalue weighted by atomic mass is 15.2. The van der Waals surface area contributed by atoms with Gasteiger partial charge in [0, 0.05) is 18.8 Å². The van der Waals surface area contributed by atoms with Crippen LogP contribution in [-0.4, -0.2) is 17.0 Å². The number of anilines is 3. The lowest BCUT2D eigenvalue weighted by atomic mass is 10.1. The van der Waals surface area contributed by atoms with Gasteiger partial charge in [0.05, 0.1) is 11.3 Å². The van der Waals surface area contributed by atoms with Gasteiger partial charge in [0.1, 0.15) is 11.9 Å². The lowest BCUT2D eigenvalue weighted by Crippen LogP contribution is -2.15. The summed E-state index contributed by atoms with van der Waals surface area (Å²) in [7, 11) is 1.85. The van der Waals surface area contributed by atoms with E-state index in [9.17, 15) is 0 Å². The van der Waals surface area contributed by atoms with Crippen molar-refractivity contribution in [3.8, 4) is 6.07 Å². The fraction of sp³-hybridized carbons (Fsp3) is 0.154. The number of benzene rings is 1. The molecule has 18 heavy (non-hydrogen) atoms. The molecule has 0 spiro atoms. The summed E-state index contributed by atoms with van der Waals surface area (Å²) in [6.07, 6.45) is 1.67. The smallest absolute Gasteiger partial charge is 0.221 e. The van der Waals surface area contributed by atoms with Crippen molar-refractivity contribution >= 4 is 17.5 Å². The van der Waals surface area contributed by atoms with E-state index in [0.29, 0.717) is 11.4 Å². The maximum absolute atomic E-state index is 9.10. The first-order valence-corrected chi connectivity index (χ1v) is 5.45. The standard InChI is InChI=1S/C13H13N5/c1-9-8-16-13(15)17-12(9)18(2)11-6-4-3-5-10(11)7-14/h3-6,8H,1-2H3,(H2,15,16,17). The summed E-state index contributed by atoms with van der Waals surface area (Å²) in [5, 5.41) is 9.10. The molecule has 0 amide bonds. The predicted octanol–water partition coefficient (Wildman–Crippen LogP) is 2.01. The number of nitrogens with two attached hydrogens (primary N) is 1. The van der Waals surface area contributed by atoms with Crippen LogP contribution in [0.25, 0.3) is 0 Å². The van der Waals surface area contributed by atoms with Crippen molar-refractivity contribution in [3.63, 3.8) is 0 Å². The number of nitrogens with zero attached hydrogens (tertiary/aromatic N) is 4. The van der Waals surface area contributed by atoms with E-state index in [-0.39, 0.29) is 5.95 Å². The normalized spacial score (nSPS) is 9.83. The molecule has 5 nitrogen and oxygen atoms in total. The molecule has 1 aromatic heterocycles. The fourth-order valence-corrected chi connectivity index (χ4v) is 1.76. The molecule has 1 heterocycles. The van der Waals surface area contributed by atoms with Gasteiger partial charge in [-0.15, -0.1) is 0 Å². The molecule has 90 valence electrons. The van der Waals surface area contributed by atoms with Crippen LogP contribution in [0.5, 0.6) is 0 Å². The zero-order chi connectivity index (χ0) is 13.1. The van der Waals surface area contributed by atoms with Gasteiger partial charge in [-0.05, 0) is 19.1 Å². The maximum atomic E-state index is 9.10. The van der Waals surface area contributed by atoms with E-state index < -0.39 is 0 Å². The third-order valence-electron chi connectivity index (χ3n) is 2.67. The zero-order valence-corrected chi connectivity index (χ0v) is 10.3. The molecule has 5 heteroatoms. The first-order chi connectivity index (χ1) is 8.63. The molecule has 2 N–H and O–H groups in total. The van der Waals surface area contributed by atoms with Crippen LogP contribution in [0.1, 0.15) is 11.1 Å². The van der Waals surface area contributed by atoms with E-state index in [1.165, 1.54) is 0 Å². The Morgan fingerprint density at radius 3 is 2.78 bits per heavy atom. The Balaban J connectivity index is 2.51. The molecule has 2 aromatic rings. The summed E-state index contributed by atoms with van der Waals surface area (Å²) in [5.74, 6) is 0.919. The van der Waals surface area contributed by atoms with Crippen molar-refractivity contribution in [1.29, 1.82) is 5.26 Å². The summed E-state index contributed by atoms with van der Waals surface area (Å²) in [6, 6.07) is 9.52. The van der Waals surface area contributed by atoms with Gasteiger partial charge in [0.25, 0.3) is 0 Å². The van der Waals surface area contributed by atoms with E-state index in [1.54, 1.807) is 12.3 Å². The van der Waals surface area contributed by atoms with Gasteiger partial charge in [-0.2, -0.15) is 10.2 Å². The average molecular weight is 239 g/mol. The van der Waals surface area contributed by atoms with Crippen molar-refractivity contribution in [2.24, 2.45) is 0 Å². The van der Waals surface area contributed by atoms with Crippen LogP contribution in [0.3, 0.4) is 0 Å². The average Bonchev–Trinajstić information content (AvgIpc) is 2.40. The molecule has 0 bridgehead atoms. The van der Waals surface area contributed by atoms with Crippen LogP contribution in [0.15, 0.2) is 30.5 Å². The van der Waals surface area contributed by atoms with E-state index in [2.05, 4.69) is 16.0 Å². The van der Waals surface area contributed by atoms with Crippen LogP contribution < -0.4 is 10.6 Å². The third kappa shape index (κ3) is 2.09. The Hall–Kier alpha value is -2.61. The minimum Gasteiger partial charge on any atom is -0.368 e. The molecular formula is C13H13N5. The summed E-state index contributed by atoms with van der Waals surface area (Å²) in [6.45, 7) is 1.90. The molecule has 0 saturated heterocycles. The van der Waals surface area contributed by atoms with Crippen LogP contribution >= 0.6 is 0 Å². The maximum Gasteiger partial charge on any atom is 0.221 e. The summed E-state index contributed by atoms with van der Waals surface area (Å²) in [4.78, 5) is 9.98. The van der Waals surface area contributed by atoms with Gasteiger partial charge < -0.3 is 10.6 Å². The lowest BCUT2D eigenvalue weighted by Gasteiger charge is -2.21. The molecule has 0 atom stereocenters. The highest BCUT2D eigenvalue weighted by molar-refractivity contribution is 5.68.